The second-order valence-corrected chi connectivity index (χ2v) is 7.97. The highest BCUT2D eigenvalue weighted by Gasteiger charge is 2.25. The molecule has 0 aliphatic heterocycles. The predicted octanol–water partition coefficient (Wildman–Crippen LogP) is 1.54. The number of halogens is 1. The van der Waals surface area contributed by atoms with E-state index in [1.807, 2.05) is 0 Å². The van der Waals surface area contributed by atoms with Gasteiger partial charge in [0.1, 0.15) is 4.21 Å². The number of thiophene rings is 1. The molecule has 0 bridgehead atoms. The fraction of sp³-hybridized carbons (Fsp3) is 0.125. The van der Waals surface area contributed by atoms with Crippen molar-refractivity contribution in [2.75, 3.05) is 0 Å². The molecule has 2 rings (SSSR count). The fourth-order valence-corrected chi connectivity index (χ4v) is 4.54. The van der Waals surface area contributed by atoms with E-state index in [4.69, 9.17) is 11.6 Å². The number of rotatable bonds is 5. The van der Waals surface area contributed by atoms with E-state index in [0.717, 1.165) is 17.4 Å². The van der Waals surface area contributed by atoms with Crippen molar-refractivity contribution in [1.29, 1.82) is 0 Å². The molecule has 2 N–H and O–H groups in total. The van der Waals surface area contributed by atoms with Crippen LogP contribution >= 0.6 is 34.3 Å². The van der Waals surface area contributed by atoms with E-state index in [1.54, 1.807) is 0 Å². The van der Waals surface area contributed by atoms with E-state index in [9.17, 15) is 23.3 Å². The number of aromatic nitrogens is 1. The molecule has 0 unspecified atom stereocenters. The molecule has 0 aromatic carbocycles. The molecule has 0 atom stereocenters. The van der Waals surface area contributed by atoms with Crippen LogP contribution in [0.5, 0.6) is 0 Å². The first kappa shape index (κ1) is 15.1. The quantitative estimate of drug-likeness (QED) is 0.622. The van der Waals surface area contributed by atoms with Gasteiger partial charge in [-0.05, 0) is 0 Å². The second-order valence-electron chi connectivity index (χ2n) is 3.48. The van der Waals surface area contributed by atoms with Gasteiger partial charge in [-0.1, -0.05) is 22.9 Å². The summed E-state index contributed by atoms with van der Waals surface area (Å²) in [6, 6.07) is 0.895. The summed E-state index contributed by atoms with van der Waals surface area (Å²) < 4.78 is 25.6. The van der Waals surface area contributed by atoms with Crippen molar-refractivity contribution in [2.24, 2.45) is 0 Å². The average molecular weight is 356 g/mol. The van der Waals surface area contributed by atoms with E-state index in [-0.39, 0.29) is 20.0 Å². The Morgan fingerprint density at radius 2 is 2.20 bits per heavy atom. The van der Waals surface area contributed by atoms with Crippen LogP contribution in [0.25, 0.3) is 0 Å². The van der Waals surface area contributed by atoms with Crippen molar-refractivity contribution >= 4 is 50.0 Å². The topological polar surface area (TPSA) is 122 Å². The van der Waals surface area contributed by atoms with Crippen LogP contribution in [0.4, 0.5) is 5.69 Å². The van der Waals surface area contributed by atoms with Crippen molar-refractivity contribution in [3.05, 3.63) is 41.3 Å². The summed E-state index contributed by atoms with van der Waals surface area (Å²) in [7, 11) is -3.92. The Hall–Kier alpha value is -1.27. The first-order chi connectivity index (χ1) is 9.29. The third-order valence-corrected chi connectivity index (χ3v) is 6.06. The molecule has 0 amide bonds. The van der Waals surface area contributed by atoms with Gasteiger partial charge < -0.3 is 4.98 Å². The van der Waals surface area contributed by atoms with Gasteiger partial charge >= 0.3 is 4.87 Å². The molecular formula is C8H6ClN3O5S3. The van der Waals surface area contributed by atoms with Crippen LogP contribution < -0.4 is 9.60 Å². The maximum Gasteiger partial charge on any atom is 0.304 e. The molecule has 20 heavy (non-hydrogen) atoms. The summed E-state index contributed by atoms with van der Waals surface area (Å²) in [6.07, 6.45) is 0. The zero-order valence-electron chi connectivity index (χ0n) is 9.45. The lowest BCUT2D eigenvalue weighted by Gasteiger charge is -2.01. The smallest absolute Gasteiger partial charge is 0.304 e. The van der Waals surface area contributed by atoms with Crippen LogP contribution in [0.15, 0.2) is 20.5 Å². The molecule has 0 saturated carbocycles. The van der Waals surface area contributed by atoms with E-state index >= 15 is 0 Å². The highest BCUT2D eigenvalue weighted by atomic mass is 35.5. The van der Waals surface area contributed by atoms with E-state index in [1.165, 1.54) is 5.38 Å². The SMILES string of the molecule is O=c1[nH]c(CNS(=O)(=O)c2cc([N+](=O)[O-])c(Cl)s2)cs1. The van der Waals surface area contributed by atoms with Crippen molar-refractivity contribution in [1.82, 2.24) is 9.71 Å². The van der Waals surface area contributed by atoms with Crippen LogP contribution in [0, 0.1) is 10.1 Å². The molecule has 12 heteroatoms. The lowest BCUT2D eigenvalue weighted by molar-refractivity contribution is -0.384. The number of thiazole rings is 1. The number of sulfonamides is 1. The Balaban J connectivity index is 2.20. The number of hydrogen-bond acceptors (Lipinski definition) is 7. The van der Waals surface area contributed by atoms with Gasteiger partial charge in [0.2, 0.25) is 0 Å². The first-order valence-corrected chi connectivity index (χ1v) is 8.45. The lowest BCUT2D eigenvalue weighted by atomic mass is 10.5. The largest absolute Gasteiger partial charge is 0.315 e. The minimum atomic E-state index is -3.92. The van der Waals surface area contributed by atoms with Gasteiger partial charge in [0.25, 0.3) is 15.7 Å². The third-order valence-electron chi connectivity index (χ3n) is 2.13. The Bertz CT molecular complexity index is 805. The molecule has 0 spiro atoms. The average Bonchev–Trinajstić information content (AvgIpc) is 2.93. The number of nitro groups is 1. The summed E-state index contributed by atoms with van der Waals surface area (Å²) in [4.78, 5) is 22.9. The molecule has 8 nitrogen and oxygen atoms in total. The maximum atomic E-state index is 11.9. The van der Waals surface area contributed by atoms with Crippen LogP contribution in [0.3, 0.4) is 0 Å². The fourth-order valence-electron chi connectivity index (χ4n) is 1.24. The van der Waals surface area contributed by atoms with Gasteiger partial charge in [0.15, 0.2) is 4.34 Å². The molecule has 0 aliphatic rings. The second kappa shape index (κ2) is 5.61. The van der Waals surface area contributed by atoms with Gasteiger partial charge in [-0.2, -0.15) is 0 Å². The van der Waals surface area contributed by atoms with Crippen molar-refractivity contribution in [2.45, 2.75) is 10.8 Å². The summed E-state index contributed by atoms with van der Waals surface area (Å²) >= 11 is 7.11. The summed E-state index contributed by atoms with van der Waals surface area (Å²) in [6.45, 7) is -0.121. The minimum Gasteiger partial charge on any atom is -0.315 e. The maximum absolute atomic E-state index is 11.9. The monoisotopic (exact) mass is 355 g/mol. The summed E-state index contributed by atoms with van der Waals surface area (Å²) in [5, 5.41) is 12.1. The Morgan fingerprint density at radius 3 is 2.70 bits per heavy atom. The van der Waals surface area contributed by atoms with Gasteiger partial charge in [-0.15, -0.1) is 11.3 Å². The standard InChI is InChI=1S/C8H6ClN3O5S3/c9-7-5(12(14)15)1-6(19-7)20(16,17)10-2-4-3-18-8(13)11-4/h1,3,10H,2H2,(H,11,13). The molecule has 2 heterocycles. The van der Waals surface area contributed by atoms with Crippen LogP contribution in [0.2, 0.25) is 4.34 Å². The zero-order chi connectivity index (χ0) is 14.9. The Labute approximate surface area is 125 Å². The van der Waals surface area contributed by atoms with Crippen LogP contribution in [-0.2, 0) is 16.6 Å². The number of H-pyrrole nitrogens is 1. The van der Waals surface area contributed by atoms with Crippen LogP contribution in [0.1, 0.15) is 5.69 Å². The van der Waals surface area contributed by atoms with Gasteiger partial charge in [0, 0.05) is 17.1 Å². The van der Waals surface area contributed by atoms with Gasteiger partial charge in [-0.3, -0.25) is 14.9 Å². The van der Waals surface area contributed by atoms with Gasteiger partial charge in [-0.25, -0.2) is 13.1 Å². The summed E-state index contributed by atoms with van der Waals surface area (Å²) in [5.41, 5.74) is -0.0540. The molecule has 0 radical (unpaired) electrons. The van der Waals surface area contributed by atoms with E-state index < -0.39 is 20.6 Å². The lowest BCUT2D eigenvalue weighted by Crippen LogP contribution is -2.22. The van der Waals surface area contributed by atoms with E-state index in [2.05, 4.69) is 9.71 Å². The van der Waals surface area contributed by atoms with E-state index in [0.29, 0.717) is 17.0 Å². The molecule has 0 fully saturated rings. The zero-order valence-corrected chi connectivity index (χ0v) is 12.7. The van der Waals surface area contributed by atoms with Crippen molar-refractivity contribution in [3.63, 3.8) is 0 Å². The minimum absolute atomic E-state index is 0.121. The molecule has 0 aliphatic carbocycles. The number of nitrogens with one attached hydrogen (secondary N) is 2. The molecule has 108 valence electrons. The summed E-state index contributed by atoms with van der Waals surface area (Å²) in [5.74, 6) is 0. The number of nitrogens with zero attached hydrogens (tertiary/aromatic N) is 1. The number of aromatic amines is 1. The highest BCUT2D eigenvalue weighted by molar-refractivity contribution is 7.91. The van der Waals surface area contributed by atoms with Crippen molar-refractivity contribution < 1.29 is 13.3 Å². The highest BCUT2D eigenvalue weighted by Crippen LogP contribution is 2.36. The number of hydrogen-bond donors (Lipinski definition) is 2. The molecule has 2 aromatic heterocycles. The third kappa shape index (κ3) is 3.24. The molecular weight excluding hydrogens is 350 g/mol. The first-order valence-electron chi connectivity index (χ1n) is 4.89. The normalized spacial score (nSPS) is 11.7. The Morgan fingerprint density at radius 1 is 1.50 bits per heavy atom. The Kier molecular flexibility index (Phi) is 4.25. The van der Waals surface area contributed by atoms with Gasteiger partial charge in [0.05, 0.1) is 11.5 Å². The molecule has 2 aromatic rings. The predicted molar refractivity (Wildman–Crippen MR) is 74.9 cm³/mol. The molecule has 0 saturated heterocycles. The van der Waals surface area contributed by atoms with Crippen molar-refractivity contribution in [3.8, 4) is 0 Å². The van der Waals surface area contributed by atoms with Crippen LogP contribution in [-0.4, -0.2) is 18.3 Å².